The van der Waals surface area contributed by atoms with Gasteiger partial charge in [-0.05, 0) is 43.5 Å². The number of hydrogen-bond acceptors (Lipinski definition) is 6. The molecule has 4 rings (SSSR count). The van der Waals surface area contributed by atoms with Gasteiger partial charge in [0.05, 0.1) is 6.04 Å². The van der Waals surface area contributed by atoms with Crippen molar-refractivity contribution in [3.63, 3.8) is 0 Å². The summed E-state index contributed by atoms with van der Waals surface area (Å²) < 4.78 is 7.36. The predicted octanol–water partition coefficient (Wildman–Crippen LogP) is 2.12. The molecule has 150 valence electrons. The summed E-state index contributed by atoms with van der Waals surface area (Å²) in [7, 11) is 0. The molecule has 0 spiro atoms. The van der Waals surface area contributed by atoms with Crippen LogP contribution in [0.3, 0.4) is 0 Å². The van der Waals surface area contributed by atoms with Crippen molar-refractivity contribution in [1.29, 1.82) is 0 Å². The van der Waals surface area contributed by atoms with Crippen LogP contribution < -0.4 is 5.73 Å². The van der Waals surface area contributed by atoms with E-state index in [9.17, 15) is 5.11 Å². The molecule has 1 aliphatic carbocycles. The van der Waals surface area contributed by atoms with Crippen LogP contribution in [0.15, 0.2) is 47.2 Å². The normalized spacial score (nSPS) is 20.0. The fourth-order valence-electron chi connectivity index (χ4n) is 3.39. The standard InChI is InChI=1S/C22H24N4O3/c1-14(28)22-24-8-9-26(22)20(12-23)19-11-21(29-25-19)16-5-2-15(3-6-16)4-7-17-10-18(17)13-27/h2-3,5-6,8-9,11,14,17-18,20,27-28H,10,12-13,23H2,1H3/t14-,17+,18-,20+/m0/s1. The highest BCUT2D eigenvalue weighted by Crippen LogP contribution is 2.37. The molecule has 0 saturated heterocycles. The molecule has 4 N–H and O–H groups in total. The molecule has 2 aromatic heterocycles. The van der Waals surface area contributed by atoms with E-state index in [1.165, 1.54) is 0 Å². The first-order valence-electron chi connectivity index (χ1n) is 9.71. The summed E-state index contributed by atoms with van der Waals surface area (Å²) >= 11 is 0. The molecule has 4 atom stereocenters. The molecular weight excluding hydrogens is 368 g/mol. The Bertz CT molecular complexity index is 1030. The minimum Gasteiger partial charge on any atom is -0.396 e. The zero-order chi connectivity index (χ0) is 20.4. The fraction of sp³-hybridized carbons (Fsp3) is 0.364. The van der Waals surface area contributed by atoms with Crippen LogP contribution >= 0.6 is 0 Å². The van der Waals surface area contributed by atoms with Gasteiger partial charge in [-0.3, -0.25) is 0 Å². The first-order chi connectivity index (χ1) is 14.1. The minimum atomic E-state index is -0.706. The van der Waals surface area contributed by atoms with Gasteiger partial charge in [-0.1, -0.05) is 17.0 Å². The number of aliphatic hydroxyl groups is 2. The quantitative estimate of drug-likeness (QED) is 0.554. The summed E-state index contributed by atoms with van der Waals surface area (Å²) in [6, 6.07) is 9.37. The van der Waals surface area contributed by atoms with Crippen molar-refractivity contribution >= 4 is 0 Å². The van der Waals surface area contributed by atoms with Gasteiger partial charge in [-0.2, -0.15) is 0 Å². The average molecular weight is 392 g/mol. The predicted molar refractivity (Wildman–Crippen MR) is 108 cm³/mol. The number of nitrogens with two attached hydrogens (primary N) is 1. The summed E-state index contributed by atoms with van der Waals surface area (Å²) in [6.07, 6.45) is 3.69. The largest absolute Gasteiger partial charge is 0.396 e. The second-order valence-electron chi connectivity index (χ2n) is 7.37. The molecule has 29 heavy (non-hydrogen) atoms. The van der Waals surface area contributed by atoms with Crippen molar-refractivity contribution in [3.05, 3.63) is 59.8 Å². The van der Waals surface area contributed by atoms with E-state index in [1.807, 2.05) is 34.9 Å². The summed E-state index contributed by atoms with van der Waals surface area (Å²) in [4.78, 5) is 4.20. The Labute approximate surface area is 169 Å². The van der Waals surface area contributed by atoms with Crippen molar-refractivity contribution in [3.8, 4) is 23.2 Å². The molecule has 0 aliphatic heterocycles. The molecule has 0 unspecified atom stereocenters. The number of nitrogens with zero attached hydrogens (tertiary/aromatic N) is 3. The number of aromatic nitrogens is 3. The van der Waals surface area contributed by atoms with Gasteiger partial charge in [0.25, 0.3) is 0 Å². The molecule has 7 heteroatoms. The summed E-state index contributed by atoms with van der Waals surface area (Å²) in [5.74, 6) is 8.19. The Balaban J connectivity index is 1.51. The number of aliphatic hydroxyl groups excluding tert-OH is 2. The van der Waals surface area contributed by atoms with Crippen molar-refractivity contribution in [2.75, 3.05) is 13.2 Å². The molecule has 2 heterocycles. The number of hydrogen-bond donors (Lipinski definition) is 3. The molecule has 0 amide bonds. The number of rotatable bonds is 6. The lowest BCUT2D eigenvalue weighted by molar-refractivity contribution is 0.182. The second-order valence-corrected chi connectivity index (χ2v) is 7.37. The topological polar surface area (TPSA) is 110 Å². The molecule has 1 aromatic carbocycles. The van der Waals surface area contributed by atoms with E-state index in [0.29, 0.717) is 35.7 Å². The number of benzene rings is 1. The Morgan fingerprint density at radius 1 is 1.34 bits per heavy atom. The maximum atomic E-state index is 9.91. The average Bonchev–Trinajstić information content (AvgIpc) is 3.09. The molecule has 3 aromatic rings. The summed E-state index contributed by atoms with van der Waals surface area (Å²) in [5.41, 5.74) is 8.47. The van der Waals surface area contributed by atoms with Crippen LogP contribution in [0.4, 0.5) is 0 Å². The van der Waals surface area contributed by atoms with Crippen molar-refractivity contribution in [1.82, 2.24) is 14.7 Å². The highest BCUT2D eigenvalue weighted by molar-refractivity contribution is 5.59. The van der Waals surface area contributed by atoms with Gasteiger partial charge >= 0.3 is 0 Å². The molecule has 0 radical (unpaired) electrons. The second kappa shape index (κ2) is 8.21. The minimum absolute atomic E-state index is 0.216. The van der Waals surface area contributed by atoms with Crippen LogP contribution in [0.2, 0.25) is 0 Å². The fourth-order valence-corrected chi connectivity index (χ4v) is 3.39. The Morgan fingerprint density at radius 3 is 2.79 bits per heavy atom. The van der Waals surface area contributed by atoms with Gasteiger partial charge in [0.1, 0.15) is 17.6 Å². The summed E-state index contributed by atoms with van der Waals surface area (Å²) in [5, 5.41) is 23.2. The molecular formula is C22H24N4O3. The van der Waals surface area contributed by atoms with Gasteiger partial charge in [0.2, 0.25) is 0 Å². The Hall–Kier alpha value is -2.92. The van der Waals surface area contributed by atoms with E-state index in [-0.39, 0.29) is 12.6 Å². The zero-order valence-electron chi connectivity index (χ0n) is 16.2. The Morgan fingerprint density at radius 2 is 2.14 bits per heavy atom. The van der Waals surface area contributed by atoms with E-state index in [1.54, 1.807) is 19.3 Å². The Kier molecular flexibility index (Phi) is 5.49. The van der Waals surface area contributed by atoms with Gasteiger partial charge in [-0.15, -0.1) is 0 Å². The molecule has 1 aliphatic rings. The monoisotopic (exact) mass is 392 g/mol. The van der Waals surface area contributed by atoms with E-state index in [4.69, 9.17) is 15.4 Å². The molecule has 1 saturated carbocycles. The third kappa shape index (κ3) is 4.10. The van der Waals surface area contributed by atoms with E-state index < -0.39 is 6.10 Å². The van der Waals surface area contributed by atoms with Gasteiger partial charge < -0.3 is 25.0 Å². The van der Waals surface area contributed by atoms with Crippen LogP contribution in [-0.2, 0) is 0 Å². The highest BCUT2D eigenvalue weighted by atomic mass is 16.5. The van der Waals surface area contributed by atoms with E-state index >= 15 is 0 Å². The van der Waals surface area contributed by atoms with Crippen LogP contribution in [0.5, 0.6) is 0 Å². The third-order valence-corrected chi connectivity index (χ3v) is 5.23. The SMILES string of the molecule is C[C@H](O)c1nccn1[C@H](CN)c1cc(-c2ccc(C#C[C@@H]3C[C@H]3CO)cc2)on1. The van der Waals surface area contributed by atoms with E-state index in [0.717, 1.165) is 17.5 Å². The lowest BCUT2D eigenvalue weighted by Crippen LogP contribution is -2.22. The highest BCUT2D eigenvalue weighted by Gasteiger charge is 2.34. The van der Waals surface area contributed by atoms with Gasteiger partial charge in [0.15, 0.2) is 5.76 Å². The van der Waals surface area contributed by atoms with Crippen LogP contribution in [0.25, 0.3) is 11.3 Å². The third-order valence-electron chi connectivity index (χ3n) is 5.23. The lowest BCUT2D eigenvalue weighted by Gasteiger charge is -2.17. The number of imidazole rings is 1. The van der Waals surface area contributed by atoms with Crippen LogP contribution in [-0.4, -0.2) is 38.1 Å². The molecule has 0 bridgehead atoms. The maximum absolute atomic E-state index is 9.91. The lowest BCUT2D eigenvalue weighted by atomic mass is 10.1. The summed E-state index contributed by atoms with van der Waals surface area (Å²) in [6.45, 7) is 2.18. The van der Waals surface area contributed by atoms with Gasteiger partial charge in [0, 0.05) is 48.7 Å². The first-order valence-corrected chi connectivity index (χ1v) is 9.71. The van der Waals surface area contributed by atoms with Crippen molar-refractivity contribution in [2.24, 2.45) is 17.6 Å². The maximum Gasteiger partial charge on any atom is 0.167 e. The zero-order valence-corrected chi connectivity index (χ0v) is 16.2. The van der Waals surface area contributed by atoms with Crippen molar-refractivity contribution < 1.29 is 14.7 Å². The molecule has 7 nitrogen and oxygen atoms in total. The van der Waals surface area contributed by atoms with Crippen LogP contribution in [0, 0.1) is 23.7 Å². The van der Waals surface area contributed by atoms with Crippen molar-refractivity contribution in [2.45, 2.75) is 25.5 Å². The van der Waals surface area contributed by atoms with Gasteiger partial charge in [-0.25, -0.2) is 4.98 Å². The van der Waals surface area contributed by atoms with E-state index in [2.05, 4.69) is 22.0 Å². The smallest absolute Gasteiger partial charge is 0.167 e. The van der Waals surface area contributed by atoms with Crippen LogP contribution in [0.1, 0.15) is 42.6 Å². The molecule has 1 fully saturated rings. The first kappa shape index (κ1) is 19.4.